The zero-order valence-electron chi connectivity index (χ0n) is 5.56. The van der Waals surface area contributed by atoms with Gasteiger partial charge in [-0.1, -0.05) is 0 Å². The highest BCUT2D eigenvalue weighted by atomic mass is 15.5. The molecular formula is C6H13N3. The lowest BCUT2D eigenvalue weighted by Gasteiger charge is -2.47. The fraction of sp³-hybridized carbons (Fsp3) is 1.00. The van der Waals surface area contributed by atoms with Crippen molar-refractivity contribution in [2.75, 3.05) is 19.6 Å². The Morgan fingerprint density at radius 2 is 2.33 bits per heavy atom. The van der Waals surface area contributed by atoms with Gasteiger partial charge >= 0.3 is 0 Å². The molecule has 2 rings (SSSR count). The monoisotopic (exact) mass is 127 g/mol. The normalized spacial score (nSPS) is 43.7. The third kappa shape index (κ3) is 0.625. The van der Waals surface area contributed by atoms with Crippen LogP contribution in [-0.4, -0.2) is 30.2 Å². The molecule has 2 heterocycles. The van der Waals surface area contributed by atoms with Gasteiger partial charge in [0.15, 0.2) is 0 Å². The van der Waals surface area contributed by atoms with E-state index in [9.17, 15) is 0 Å². The van der Waals surface area contributed by atoms with Crippen molar-refractivity contribution in [3.63, 3.8) is 0 Å². The summed E-state index contributed by atoms with van der Waals surface area (Å²) in [7, 11) is 0. The zero-order valence-corrected chi connectivity index (χ0v) is 5.56. The van der Waals surface area contributed by atoms with Gasteiger partial charge in [-0.2, -0.15) is 0 Å². The highest BCUT2D eigenvalue weighted by Gasteiger charge is 2.44. The van der Waals surface area contributed by atoms with Crippen LogP contribution in [0.2, 0.25) is 0 Å². The van der Waals surface area contributed by atoms with Crippen molar-refractivity contribution in [1.82, 2.24) is 10.3 Å². The third-order valence-electron chi connectivity index (χ3n) is 2.65. The van der Waals surface area contributed by atoms with Crippen LogP contribution in [0, 0.1) is 0 Å². The van der Waals surface area contributed by atoms with Gasteiger partial charge in [0.2, 0.25) is 0 Å². The van der Waals surface area contributed by atoms with E-state index in [2.05, 4.69) is 5.32 Å². The van der Waals surface area contributed by atoms with E-state index in [1.54, 1.807) is 0 Å². The number of nitrogens with two attached hydrogens (primary N) is 1. The van der Waals surface area contributed by atoms with Crippen LogP contribution in [-0.2, 0) is 0 Å². The number of rotatable bonds is 0. The fourth-order valence-electron chi connectivity index (χ4n) is 1.75. The molecule has 2 aliphatic rings. The van der Waals surface area contributed by atoms with E-state index in [4.69, 9.17) is 5.84 Å². The van der Waals surface area contributed by atoms with Gasteiger partial charge < -0.3 is 5.32 Å². The maximum Gasteiger partial charge on any atom is 0.0500 e. The van der Waals surface area contributed by atoms with Gasteiger partial charge in [-0.25, -0.2) is 5.01 Å². The Labute approximate surface area is 55.2 Å². The van der Waals surface area contributed by atoms with E-state index < -0.39 is 0 Å². The lowest BCUT2D eigenvalue weighted by atomic mass is 9.86. The SMILES string of the molecule is NN1CCC12CCNC2. The van der Waals surface area contributed by atoms with Crippen LogP contribution in [0.3, 0.4) is 0 Å². The van der Waals surface area contributed by atoms with E-state index >= 15 is 0 Å². The maximum absolute atomic E-state index is 5.71. The summed E-state index contributed by atoms with van der Waals surface area (Å²) in [6.07, 6.45) is 2.53. The van der Waals surface area contributed by atoms with Crippen LogP contribution in [0.5, 0.6) is 0 Å². The van der Waals surface area contributed by atoms with Gasteiger partial charge in [0.25, 0.3) is 0 Å². The average Bonchev–Trinajstić information content (AvgIpc) is 2.34. The molecule has 2 saturated heterocycles. The second-order valence-corrected chi connectivity index (χ2v) is 3.09. The lowest BCUT2D eigenvalue weighted by Crippen LogP contribution is -2.64. The van der Waals surface area contributed by atoms with E-state index in [0.717, 1.165) is 19.6 Å². The third-order valence-corrected chi connectivity index (χ3v) is 2.65. The van der Waals surface area contributed by atoms with E-state index in [-0.39, 0.29) is 0 Å². The van der Waals surface area contributed by atoms with Crippen LogP contribution < -0.4 is 11.2 Å². The summed E-state index contributed by atoms with van der Waals surface area (Å²) < 4.78 is 0. The van der Waals surface area contributed by atoms with E-state index in [0.29, 0.717) is 5.54 Å². The van der Waals surface area contributed by atoms with Crippen LogP contribution in [0.15, 0.2) is 0 Å². The average molecular weight is 127 g/mol. The van der Waals surface area contributed by atoms with Gasteiger partial charge in [0.05, 0.1) is 5.54 Å². The molecule has 0 radical (unpaired) electrons. The molecular weight excluding hydrogens is 114 g/mol. The topological polar surface area (TPSA) is 41.3 Å². The molecule has 0 aliphatic carbocycles. The number of hydrogen-bond donors (Lipinski definition) is 2. The van der Waals surface area contributed by atoms with E-state index in [1.807, 2.05) is 5.01 Å². The lowest BCUT2D eigenvalue weighted by molar-refractivity contribution is 0.000944. The predicted octanol–water partition coefficient (Wildman–Crippen LogP) is -0.702. The van der Waals surface area contributed by atoms with Gasteiger partial charge in [-0.05, 0) is 19.4 Å². The maximum atomic E-state index is 5.71. The first-order valence-corrected chi connectivity index (χ1v) is 3.57. The minimum atomic E-state index is 0.375. The first-order chi connectivity index (χ1) is 4.33. The first kappa shape index (κ1) is 5.65. The molecule has 0 aromatic carbocycles. The summed E-state index contributed by atoms with van der Waals surface area (Å²) in [5, 5.41) is 5.30. The molecule has 0 aromatic rings. The second-order valence-electron chi connectivity index (χ2n) is 3.09. The van der Waals surface area contributed by atoms with Crippen molar-refractivity contribution in [1.29, 1.82) is 0 Å². The molecule has 1 atom stereocenters. The molecule has 2 fully saturated rings. The van der Waals surface area contributed by atoms with Gasteiger partial charge in [-0.3, -0.25) is 5.84 Å². The Hall–Kier alpha value is -0.120. The van der Waals surface area contributed by atoms with Crippen LogP contribution in [0.25, 0.3) is 0 Å². The predicted molar refractivity (Wildman–Crippen MR) is 35.7 cm³/mol. The Kier molecular flexibility index (Phi) is 1.06. The van der Waals surface area contributed by atoms with Crippen molar-refractivity contribution in [3.05, 3.63) is 0 Å². The first-order valence-electron chi connectivity index (χ1n) is 3.57. The smallest absolute Gasteiger partial charge is 0.0500 e. The number of nitrogens with zero attached hydrogens (tertiary/aromatic N) is 1. The fourth-order valence-corrected chi connectivity index (χ4v) is 1.75. The van der Waals surface area contributed by atoms with Gasteiger partial charge in [0.1, 0.15) is 0 Å². The molecule has 0 aromatic heterocycles. The van der Waals surface area contributed by atoms with Crippen molar-refractivity contribution >= 4 is 0 Å². The molecule has 1 unspecified atom stereocenters. The Morgan fingerprint density at radius 1 is 1.44 bits per heavy atom. The van der Waals surface area contributed by atoms with Crippen LogP contribution in [0.4, 0.5) is 0 Å². The number of hydrogen-bond acceptors (Lipinski definition) is 3. The number of nitrogens with one attached hydrogen (secondary N) is 1. The molecule has 3 nitrogen and oxygen atoms in total. The van der Waals surface area contributed by atoms with Crippen molar-refractivity contribution in [3.8, 4) is 0 Å². The van der Waals surface area contributed by atoms with Crippen molar-refractivity contribution < 1.29 is 0 Å². The molecule has 9 heavy (non-hydrogen) atoms. The Balaban J connectivity index is 2.06. The highest BCUT2D eigenvalue weighted by molar-refractivity contribution is 5.02. The standard InChI is InChI=1S/C6H13N3/c7-9-4-2-6(9)1-3-8-5-6/h8H,1-5,7H2. The van der Waals surface area contributed by atoms with Crippen molar-refractivity contribution in [2.24, 2.45) is 5.84 Å². The quantitative estimate of drug-likeness (QED) is 0.423. The van der Waals surface area contributed by atoms with Crippen molar-refractivity contribution in [2.45, 2.75) is 18.4 Å². The minimum Gasteiger partial charge on any atom is -0.315 e. The summed E-state index contributed by atoms with van der Waals surface area (Å²) in [5.41, 5.74) is 0.375. The van der Waals surface area contributed by atoms with Gasteiger partial charge in [0, 0.05) is 13.1 Å². The summed E-state index contributed by atoms with van der Waals surface area (Å²) in [4.78, 5) is 0. The molecule has 3 heteroatoms. The molecule has 52 valence electrons. The van der Waals surface area contributed by atoms with E-state index in [1.165, 1.54) is 12.8 Å². The second kappa shape index (κ2) is 1.68. The summed E-state index contributed by atoms with van der Waals surface area (Å²) >= 11 is 0. The summed E-state index contributed by atoms with van der Waals surface area (Å²) in [6, 6.07) is 0. The molecule has 0 bridgehead atoms. The van der Waals surface area contributed by atoms with Crippen LogP contribution in [0.1, 0.15) is 12.8 Å². The van der Waals surface area contributed by atoms with Crippen LogP contribution >= 0.6 is 0 Å². The summed E-state index contributed by atoms with van der Waals surface area (Å²) in [6.45, 7) is 3.33. The Bertz CT molecular complexity index is 117. The molecule has 0 saturated carbocycles. The Morgan fingerprint density at radius 3 is 2.56 bits per heavy atom. The number of hydrazine groups is 1. The van der Waals surface area contributed by atoms with Gasteiger partial charge in [-0.15, -0.1) is 0 Å². The largest absolute Gasteiger partial charge is 0.315 e. The molecule has 0 amide bonds. The molecule has 1 spiro atoms. The highest BCUT2D eigenvalue weighted by Crippen LogP contribution is 2.32. The minimum absolute atomic E-state index is 0.375. The summed E-state index contributed by atoms with van der Waals surface area (Å²) in [5.74, 6) is 5.71. The molecule has 2 aliphatic heterocycles. The molecule has 3 N–H and O–H groups in total. The zero-order chi connectivity index (χ0) is 6.32.